The van der Waals surface area contributed by atoms with Crippen molar-refractivity contribution in [3.8, 4) is 0 Å². The Labute approximate surface area is 173 Å². The third-order valence-electron chi connectivity index (χ3n) is 4.73. The van der Waals surface area contributed by atoms with E-state index in [0.717, 1.165) is 22.4 Å². The summed E-state index contributed by atoms with van der Waals surface area (Å²) in [4.78, 5) is 17.4. The second-order valence-corrected chi connectivity index (χ2v) is 8.90. The third kappa shape index (κ3) is 5.17. The second kappa shape index (κ2) is 8.27. The van der Waals surface area contributed by atoms with Gasteiger partial charge in [-0.1, -0.05) is 50.2 Å². The van der Waals surface area contributed by atoms with Crippen LogP contribution >= 0.6 is 0 Å². The number of fused-ring (bicyclic) bond motifs is 1. The van der Waals surface area contributed by atoms with Crippen molar-refractivity contribution < 1.29 is 9.53 Å². The Balaban J connectivity index is 2.04. The average Bonchev–Trinajstić information content (AvgIpc) is 2.96. The molecule has 0 bridgehead atoms. The molecule has 0 spiro atoms. The van der Waals surface area contributed by atoms with Crippen LogP contribution in [0.4, 0.5) is 4.79 Å². The van der Waals surface area contributed by atoms with Crippen molar-refractivity contribution in [2.75, 3.05) is 0 Å². The van der Waals surface area contributed by atoms with Gasteiger partial charge in [0.1, 0.15) is 11.4 Å². The lowest BCUT2D eigenvalue weighted by Gasteiger charge is -2.26. The van der Waals surface area contributed by atoms with Crippen LogP contribution in [0.3, 0.4) is 0 Å². The number of rotatable bonds is 5. The molecule has 0 aliphatic carbocycles. The number of aryl methyl sites for hydroxylation is 1. The summed E-state index contributed by atoms with van der Waals surface area (Å²) in [6, 6.07) is 16.3. The highest BCUT2D eigenvalue weighted by molar-refractivity contribution is 5.77. The Morgan fingerprint density at radius 2 is 1.83 bits per heavy atom. The zero-order valence-electron chi connectivity index (χ0n) is 18.2. The van der Waals surface area contributed by atoms with Gasteiger partial charge in [0.05, 0.1) is 17.1 Å². The van der Waals surface area contributed by atoms with E-state index in [1.165, 1.54) is 5.56 Å². The Bertz CT molecular complexity index is 985. The van der Waals surface area contributed by atoms with Gasteiger partial charge in [0.15, 0.2) is 0 Å². The fourth-order valence-corrected chi connectivity index (χ4v) is 3.39. The lowest BCUT2D eigenvalue weighted by Crippen LogP contribution is -2.38. The van der Waals surface area contributed by atoms with E-state index < -0.39 is 11.7 Å². The zero-order valence-corrected chi connectivity index (χ0v) is 18.2. The van der Waals surface area contributed by atoms with Gasteiger partial charge in [-0.3, -0.25) is 0 Å². The first-order chi connectivity index (χ1) is 13.6. The molecule has 1 aromatic heterocycles. The number of hydrogen-bond donors (Lipinski definition) is 1. The van der Waals surface area contributed by atoms with E-state index in [2.05, 4.69) is 61.0 Å². The van der Waals surface area contributed by atoms with Crippen LogP contribution in [0.5, 0.6) is 0 Å². The molecule has 0 aliphatic heterocycles. The number of imidazole rings is 1. The maximum Gasteiger partial charge on any atom is 0.408 e. The lowest BCUT2D eigenvalue weighted by molar-refractivity contribution is 0.0485. The zero-order chi connectivity index (χ0) is 21.2. The highest BCUT2D eigenvalue weighted by Crippen LogP contribution is 2.28. The van der Waals surface area contributed by atoms with Crippen molar-refractivity contribution in [1.82, 2.24) is 14.9 Å². The number of nitrogens with zero attached hydrogens (tertiary/aromatic N) is 2. The third-order valence-corrected chi connectivity index (χ3v) is 4.73. The van der Waals surface area contributed by atoms with Crippen LogP contribution in [-0.4, -0.2) is 21.2 Å². The molecule has 0 aliphatic rings. The summed E-state index contributed by atoms with van der Waals surface area (Å²) in [6.45, 7) is 12.5. The molecule has 1 atom stereocenters. The van der Waals surface area contributed by atoms with Gasteiger partial charge in [0.2, 0.25) is 0 Å². The molecule has 1 amide bonds. The first-order valence-corrected chi connectivity index (χ1v) is 10.1. The molecule has 0 unspecified atom stereocenters. The summed E-state index contributed by atoms with van der Waals surface area (Å²) in [6.07, 6.45) is -0.425. The number of carbonyl (C=O) groups is 1. The second-order valence-electron chi connectivity index (χ2n) is 8.90. The maximum absolute atomic E-state index is 12.5. The van der Waals surface area contributed by atoms with E-state index in [4.69, 9.17) is 9.72 Å². The monoisotopic (exact) mass is 393 g/mol. The van der Waals surface area contributed by atoms with Gasteiger partial charge < -0.3 is 14.6 Å². The van der Waals surface area contributed by atoms with Gasteiger partial charge in [0.25, 0.3) is 0 Å². The topological polar surface area (TPSA) is 56.1 Å². The molecule has 1 N–H and O–H groups in total. The van der Waals surface area contributed by atoms with E-state index >= 15 is 0 Å². The summed E-state index contributed by atoms with van der Waals surface area (Å²) in [5, 5.41) is 3.05. The molecule has 0 radical (unpaired) electrons. The van der Waals surface area contributed by atoms with E-state index in [1.807, 2.05) is 39.0 Å². The quantitative estimate of drug-likeness (QED) is 0.612. The number of alkyl carbamates (subject to hydrolysis) is 1. The molecule has 154 valence electrons. The van der Waals surface area contributed by atoms with Gasteiger partial charge in [-0.05, 0) is 56.9 Å². The van der Waals surface area contributed by atoms with Gasteiger partial charge >= 0.3 is 6.09 Å². The lowest BCUT2D eigenvalue weighted by atomic mass is 10.0. The first-order valence-electron chi connectivity index (χ1n) is 10.1. The van der Waals surface area contributed by atoms with Crippen LogP contribution in [0, 0.1) is 12.8 Å². The molecule has 3 aromatic rings. The number of nitrogens with one attached hydrogen (secondary N) is 1. The van der Waals surface area contributed by atoms with Crippen molar-refractivity contribution in [3.63, 3.8) is 0 Å². The van der Waals surface area contributed by atoms with Gasteiger partial charge in [-0.25, -0.2) is 9.78 Å². The predicted molar refractivity (Wildman–Crippen MR) is 117 cm³/mol. The molecule has 1 heterocycles. The molecule has 5 nitrogen and oxygen atoms in total. The standard InChI is InChI=1S/C24H31N3O2/c1-16(2)21(26-23(28)29-24(4,5)6)22-25-19-14-17(3)12-13-20(19)27(22)15-18-10-8-7-9-11-18/h7-14,16,21H,15H2,1-6H3,(H,26,28)/t21-/m1/s1. The van der Waals surface area contributed by atoms with E-state index in [0.29, 0.717) is 6.54 Å². The van der Waals surface area contributed by atoms with E-state index in [-0.39, 0.29) is 12.0 Å². The van der Waals surface area contributed by atoms with Gasteiger partial charge in [-0.2, -0.15) is 0 Å². The molecule has 3 rings (SSSR count). The number of amides is 1. The molecule has 0 saturated heterocycles. The van der Waals surface area contributed by atoms with Crippen LogP contribution in [0.2, 0.25) is 0 Å². The minimum Gasteiger partial charge on any atom is -0.444 e. The predicted octanol–water partition coefficient (Wildman–Crippen LogP) is 5.61. The van der Waals surface area contributed by atoms with E-state index in [9.17, 15) is 4.79 Å². The van der Waals surface area contributed by atoms with E-state index in [1.54, 1.807) is 0 Å². The normalized spacial score (nSPS) is 12.9. The van der Waals surface area contributed by atoms with Crippen molar-refractivity contribution in [3.05, 3.63) is 65.5 Å². The summed E-state index contributed by atoms with van der Waals surface area (Å²) >= 11 is 0. The number of aromatic nitrogens is 2. The smallest absolute Gasteiger partial charge is 0.408 e. The SMILES string of the molecule is Cc1ccc2c(c1)nc([C@H](NC(=O)OC(C)(C)C)C(C)C)n2Cc1ccccc1. The Kier molecular flexibility index (Phi) is 5.96. The van der Waals surface area contributed by atoms with Gasteiger partial charge in [0, 0.05) is 6.54 Å². The molecule has 29 heavy (non-hydrogen) atoms. The van der Waals surface area contributed by atoms with Crippen molar-refractivity contribution in [2.45, 2.75) is 59.7 Å². The molecular formula is C24H31N3O2. The van der Waals surface area contributed by atoms with Crippen molar-refractivity contribution >= 4 is 17.1 Å². The summed E-state index contributed by atoms with van der Waals surface area (Å²) < 4.78 is 7.70. The number of carbonyl (C=O) groups excluding carboxylic acids is 1. The fraction of sp³-hybridized carbons (Fsp3) is 0.417. The molecule has 0 fully saturated rings. The maximum atomic E-state index is 12.5. The highest BCUT2D eigenvalue weighted by Gasteiger charge is 2.27. The van der Waals surface area contributed by atoms with Crippen LogP contribution in [0.15, 0.2) is 48.5 Å². The Morgan fingerprint density at radius 1 is 1.14 bits per heavy atom. The van der Waals surface area contributed by atoms with Crippen LogP contribution in [0.1, 0.15) is 57.6 Å². The highest BCUT2D eigenvalue weighted by atomic mass is 16.6. The number of benzene rings is 2. The summed E-state index contributed by atoms with van der Waals surface area (Å²) in [5.41, 5.74) is 3.80. The molecule has 5 heteroatoms. The van der Waals surface area contributed by atoms with Crippen molar-refractivity contribution in [2.24, 2.45) is 5.92 Å². The number of hydrogen-bond acceptors (Lipinski definition) is 3. The number of ether oxygens (including phenoxy) is 1. The van der Waals surface area contributed by atoms with Gasteiger partial charge in [-0.15, -0.1) is 0 Å². The van der Waals surface area contributed by atoms with Crippen LogP contribution in [-0.2, 0) is 11.3 Å². The Morgan fingerprint density at radius 3 is 2.45 bits per heavy atom. The Hall–Kier alpha value is -2.82. The fourth-order valence-electron chi connectivity index (χ4n) is 3.39. The minimum absolute atomic E-state index is 0.148. The van der Waals surface area contributed by atoms with Crippen LogP contribution in [0.25, 0.3) is 11.0 Å². The molecule has 2 aromatic carbocycles. The molecular weight excluding hydrogens is 362 g/mol. The largest absolute Gasteiger partial charge is 0.444 e. The first kappa shape index (κ1) is 20.9. The molecule has 0 saturated carbocycles. The summed E-state index contributed by atoms with van der Waals surface area (Å²) in [7, 11) is 0. The van der Waals surface area contributed by atoms with Crippen molar-refractivity contribution in [1.29, 1.82) is 0 Å². The average molecular weight is 394 g/mol. The summed E-state index contributed by atoms with van der Waals surface area (Å²) in [5.74, 6) is 0.991. The van der Waals surface area contributed by atoms with Crippen LogP contribution < -0.4 is 5.32 Å². The minimum atomic E-state index is -0.549.